The van der Waals surface area contributed by atoms with Gasteiger partial charge in [0.05, 0.1) is 19.8 Å². The van der Waals surface area contributed by atoms with Gasteiger partial charge >= 0.3 is 5.97 Å². The molecule has 0 bridgehead atoms. The van der Waals surface area contributed by atoms with E-state index in [9.17, 15) is 14.0 Å². The molecule has 0 aliphatic carbocycles. The average Bonchev–Trinajstić information content (AvgIpc) is 2.77. The van der Waals surface area contributed by atoms with Crippen LogP contribution in [0, 0.1) is 5.82 Å². The van der Waals surface area contributed by atoms with Crippen LogP contribution in [0.2, 0.25) is 0 Å². The van der Waals surface area contributed by atoms with Gasteiger partial charge in [-0.05, 0) is 24.3 Å². The number of esters is 1. The highest BCUT2D eigenvalue weighted by molar-refractivity contribution is 5.98. The van der Waals surface area contributed by atoms with E-state index < -0.39 is 23.8 Å². The Kier molecular flexibility index (Phi) is 6.64. The van der Waals surface area contributed by atoms with Crippen molar-refractivity contribution in [3.8, 4) is 11.5 Å². The normalized spacial score (nSPS) is 11.3. The van der Waals surface area contributed by atoms with Crippen molar-refractivity contribution in [2.24, 2.45) is 0 Å². The maximum absolute atomic E-state index is 14.3. The first-order valence-corrected chi connectivity index (χ1v) is 9.06. The Hall–Kier alpha value is -3.87. The smallest absolute Gasteiger partial charge is 0.342 e. The van der Waals surface area contributed by atoms with Crippen molar-refractivity contribution in [1.82, 2.24) is 0 Å². The third-order valence-electron chi connectivity index (χ3n) is 4.30. The van der Waals surface area contributed by atoms with Crippen molar-refractivity contribution < 1.29 is 28.2 Å². The lowest BCUT2D eigenvalue weighted by Crippen LogP contribution is -2.26. The summed E-state index contributed by atoms with van der Waals surface area (Å²) in [6.07, 6.45) is -1.29. The van der Waals surface area contributed by atoms with Crippen molar-refractivity contribution in [3.05, 3.63) is 89.7 Å². The van der Waals surface area contributed by atoms with Crippen molar-refractivity contribution >= 4 is 17.6 Å². The number of halogens is 1. The van der Waals surface area contributed by atoms with Gasteiger partial charge in [-0.3, -0.25) is 4.79 Å². The second-order valence-corrected chi connectivity index (χ2v) is 6.26. The summed E-state index contributed by atoms with van der Waals surface area (Å²) in [5.74, 6) is -1.54. The van der Waals surface area contributed by atoms with Crippen LogP contribution in [-0.4, -0.2) is 26.1 Å². The summed E-state index contributed by atoms with van der Waals surface area (Å²) in [6, 6.07) is 19.0. The van der Waals surface area contributed by atoms with Crippen LogP contribution in [0.15, 0.2) is 72.8 Å². The maximum atomic E-state index is 14.3. The van der Waals surface area contributed by atoms with Crippen LogP contribution in [0.4, 0.5) is 10.1 Å². The molecule has 0 unspecified atom stereocenters. The molecular weight excluding hydrogens is 389 g/mol. The fraction of sp³-hybridized carbons (Fsp3) is 0.130. The molecule has 154 valence electrons. The minimum Gasteiger partial charge on any atom is -0.497 e. The third kappa shape index (κ3) is 4.94. The molecule has 3 rings (SSSR count). The van der Waals surface area contributed by atoms with Crippen molar-refractivity contribution in [3.63, 3.8) is 0 Å². The predicted octanol–water partition coefficient (Wildman–Crippen LogP) is 4.38. The fourth-order valence-corrected chi connectivity index (χ4v) is 2.77. The van der Waals surface area contributed by atoms with Gasteiger partial charge in [-0.25, -0.2) is 9.18 Å². The van der Waals surface area contributed by atoms with Crippen LogP contribution < -0.4 is 14.8 Å². The van der Waals surface area contributed by atoms with Gasteiger partial charge in [0.25, 0.3) is 5.91 Å². The summed E-state index contributed by atoms with van der Waals surface area (Å²) in [4.78, 5) is 25.5. The Bertz CT molecular complexity index is 1040. The van der Waals surface area contributed by atoms with Crippen LogP contribution in [0.5, 0.6) is 11.5 Å². The standard InChI is InChI=1S/C23H20FNO5/c1-28-17-10-6-9-16(13-17)25-22(26)21(15-7-4-3-5-8-15)30-23(27)19-12-11-18(29-2)14-20(19)24/h3-14,21H,1-2H3,(H,25,26)/t21-/m1/s1. The molecule has 3 aromatic rings. The first-order valence-electron chi connectivity index (χ1n) is 9.06. The number of nitrogens with one attached hydrogen (secondary N) is 1. The zero-order valence-corrected chi connectivity index (χ0v) is 16.4. The number of anilines is 1. The van der Waals surface area contributed by atoms with Crippen molar-refractivity contribution in [2.75, 3.05) is 19.5 Å². The first-order chi connectivity index (χ1) is 14.5. The maximum Gasteiger partial charge on any atom is 0.342 e. The van der Waals surface area contributed by atoms with E-state index in [2.05, 4.69) is 5.32 Å². The summed E-state index contributed by atoms with van der Waals surface area (Å²) >= 11 is 0. The average molecular weight is 409 g/mol. The van der Waals surface area contributed by atoms with Crippen LogP contribution in [-0.2, 0) is 9.53 Å². The van der Waals surface area contributed by atoms with Gasteiger partial charge in [0.1, 0.15) is 17.3 Å². The Balaban J connectivity index is 1.85. The van der Waals surface area contributed by atoms with E-state index in [1.165, 1.54) is 26.4 Å². The van der Waals surface area contributed by atoms with Gasteiger partial charge in [-0.2, -0.15) is 0 Å². The van der Waals surface area contributed by atoms with Gasteiger partial charge in [0.2, 0.25) is 6.10 Å². The number of hydrogen-bond donors (Lipinski definition) is 1. The molecule has 6 nitrogen and oxygen atoms in total. The van der Waals surface area contributed by atoms with E-state index in [1.54, 1.807) is 54.6 Å². The van der Waals surface area contributed by atoms with E-state index in [0.717, 1.165) is 6.07 Å². The van der Waals surface area contributed by atoms with Gasteiger partial charge < -0.3 is 19.5 Å². The zero-order valence-electron chi connectivity index (χ0n) is 16.4. The molecule has 1 atom stereocenters. The van der Waals surface area contributed by atoms with Gasteiger partial charge in [0.15, 0.2) is 0 Å². The molecule has 7 heteroatoms. The second kappa shape index (κ2) is 9.56. The molecular formula is C23H20FNO5. The Labute approximate surface area is 173 Å². The Morgan fingerprint density at radius 2 is 1.57 bits per heavy atom. The van der Waals surface area contributed by atoms with Crippen LogP contribution in [0.25, 0.3) is 0 Å². The molecule has 0 aliphatic rings. The van der Waals surface area contributed by atoms with Gasteiger partial charge in [0, 0.05) is 23.4 Å². The van der Waals surface area contributed by atoms with Gasteiger partial charge in [-0.15, -0.1) is 0 Å². The lowest BCUT2D eigenvalue weighted by molar-refractivity contribution is -0.125. The quantitative estimate of drug-likeness (QED) is 0.586. The van der Waals surface area contributed by atoms with Crippen LogP contribution >= 0.6 is 0 Å². The Morgan fingerprint density at radius 3 is 2.23 bits per heavy atom. The van der Waals surface area contributed by atoms with Crippen LogP contribution in [0.3, 0.4) is 0 Å². The molecule has 0 aromatic heterocycles. The molecule has 0 radical (unpaired) electrons. The number of benzene rings is 3. The topological polar surface area (TPSA) is 73.9 Å². The number of methoxy groups -OCH3 is 2. The number of carbonyl (C=O) groups is 2. The third-order valence-corrected chi connectivity index (χ3v) is 4.30. The molecule has 0 saturated heterocycles. The SMILES string of the molecule is COc1cccc(NC(=O)[C@H](OC(=O)c2ccc(OC)cc2F)c2ccccc2)c1. The molecule has 0 saturated carbocycles. The number of ether oxygens (including phenoxy) is 3. The van der Waals surface area contributed by atoms with Crippen LogP contribution in [0.1, 0.15) is 22.0 Å². The fourth-order valence-electron chi connectivity index (χ4n) is 2.77. The van der Waals surface area contributed by atoms with E-state index in [1.807, 2.05) is 0 Å². The summed E-state index contributed by atoms with van der Waals surface area (Å²) < 4.78 is 29.8. The minimum absolute atomic E-state index is 0.263. The van der Waals surface area contributed by atoms with E-state index in [0.29, 0.717) is 17.0 Å². The minimum atomic E-state index is -1.29. The molecule has 3 aromatic carbocycles. The molecule has 0 aliphatic heterocycles. The summed E-state index contributed by atoms with van der Waals surface area (Å²) in [7, 11) is 2.90. The molecule has 0 spiro atoms. The molecule has 0 fully saturated rings. The number of rotatable bonds is 7. The highest BCUT2D eigenvalue weighted by atomic mass is 19.1. The highest BCUT2D eigenvalue weighted by Crippen LogP contribution is 2.25. The van der Waals surface area contributed by atoms with E-state index in [4.69, 9.17) is 14.2 Å². The lowest BCUT2D eigenvalue weighted by atomic mass is 10.1. The monoisotopic (exact) mass is 409 g/mol. The molecule has 30 heavy (non-hydrogen) atoms. The van der Waals surface area contributed by atoms with E-state index >= 15 is 0 Å². The van der Waals surface area contributed by atoms with Crippen molar-refractivity contribution in [1.29, 1.82) is 0 Å². The first kappa shape index (κ1) is 20.9. The summed E-state index contributed by atoms with van der Waals surface area (Å²) in [6.45, 7) is 0. The largest absolute Gasteiger partial charge is 0.497 e. The zero-order chi connectivity index (χ0) is 21.5. The molecule has 0 heterocycles. The van der Waals surface area contributed by atoms with Crippen molar-refractivity contribution in [2.45, 2.75) is 6.10 Å². The number of amides is 1. The predicted molar refractivity (Wildman–Crippen MR) is 109 cm³/mol. The summed E-state index contributed by atoms with van der Waals surface area (Å²) in [5, 5.41) is 2.69. The second-order valence-electron chi connectivity index (χ2n) is 6.26. The highest BCUT2D eigenvalue weighted by Gasteiger charge is 2.27. The van der Waals surface area contributed by atoms with E-state index in [-0.39, 0.29) is 11.3 Å². The molecule has 1 amide bonds. The van der Waals surface area contributed by atoms with Gasteiger partial charge in [-0.1, -0.05) is 36.4 Å². The number of hydrogen-bond acceptors (Lipinski definition) is 5. The lowest BCUT2D eigenvalue weighted by Gasteiger charge is -2.18. The summed E-state index contributed by atoms with van der Waals surface area (Å²) in [5.41, 5.74) is 0.609. The number of carbonyl (C=O) groups excluding carboxylic acids is 2. The Morgan fingerprint density at radius 1 is 0.867 bits per heavy atom. The molecule has 1 N–H and O–H groups in total.